The molecule has 0 atom stereocenters. The second-order valence-electron chi connectivity index (χ2n) is 5.86. The fourth-order valence-corrected chi connectivity index (χ4v) is 3.85. The first-order valence-electron chi connectivity index (χ1n) is 7.60. The number of carbonyl (C=O) groups is 2. The van der Waals surface area contributed by atoms with E-state index in [4.69, 9.17) is 0 Å². The van der Waals surface area contributed by atoms with Crippen molar-refractivity contribution < 1.29 is 18.0 Å². The minimum absolute atomic E-state index is 0.0239. The third kappa shape index (κ3) is 3.70. The molecule has 2 amide bonds. The van der Waals surface area contributed by atoms with E-state index in [0.29, 0.717) is 31.7 Å². The Morgan fingerprint density at radius 1 is 1.17 bits per heavy atom. The molecule has 2 fully saturated rings. The summed E-state index contributed by atoms with van der Waals surface area (Å²) in [5, 5.41) is 0. The zero-order chi connectivity index (χ0) is 16.4. The van der Waals surface area contributed by atoms with Crippen molar-refractivity contribution in [1.82, 2.24) is 14.5 Å². The Morgan fingerprint density at radius 3 is 2.48 bits per heavy atom. The van der Waals surface area contributed by atoms with Crippen molar-refractivity contribution in [3.8, 4) is 0 Å². The van der Waals surface area contributed by atoms with Crippen molar-refractivity contribution in [2.24, 2.45) is 0 Å². The molecule has 1 N–H and O–H groups in total. The van der Waals surface area contributed by atoms with Gasteiger partial charge in [-0.05, 0) is 31.0 Å². The Hall–Kier alpha value is -1.93. The van der Waals surface area contributed by atoms with Gasteiger partial charge in [0.25, 0.3) is 5.91 Å². The highest BCUT2D eigenvalue weighted by Gasteiger charge is 2.29. The van der Waals surface area contributed by atoms with Crippen molar-refractivity contribution >= 4 is 22.3 Å². The number of amides is 2. The first-order chi connectivity index (χ1) is 11.0. The molecule has 0 radical (unpaired) electrons. The van der Waals surface area contributed by atoms with Gasteiger partial charge in [0, 0.05) is 37.8 Å². The zero-order valence-electron chi connectivity index (χ0n) is 12.6. The third-order valence-electron chi connectivity index (χ3n) is 4.04. The molecule has 7 nitrogen and oxygen atoms in total. The van der Waals surface area contributed by atoms with E-state index in [2.05, 4.69) is 4.72 Å². The monoisotopic (exact) mass is 337 g/mol. The average molecular weight is 337 g/mol. The molecule has 0 unspecified atom stereocenters. The summed E-state index contributed by atoms with van der Waals surface area (Å²) in [6.45, 7) is 1.90. The number of hydrogen-bond acceptors (Lipinski definition) is 4. The van der Waals surface area contributed by atoms with Crippen LogP contribution in [0.5, 0.6) is 0 Å². The summed E-state index contributed by atoms with van der Waals surface area (Å²) < 4.78 is 27.1. The Labute approximate surface area is 135 Å². The SMILES string of the molecule is O=CN1CCN(C(=O)c2cccc(S(=O)(=O)NC3CC3)c2)CC1. The summed E-state index contributed by atoms with van der Waals surface area (Å²) in [5.41, 5.74) is 0.350. The van der Waals surface area contributed by atoms with Crippen molar-refractivity contribution in [1.29, 1.82) is 0 Å². The number of benzene rings is 1. The van der Waals surface area contributed by atoms with Crippen LogP contribution in [0.3, 0.4) is 0 Å². The fraction of sp³-hybridized carbons (Fsp3) is 0.467. The molecular weight excluding hydrogens is 318 g/mol. The molecule has 1 aliphatic heterocycles. The summed E-state index contributed by atoms with van der Waals surface area (Å²) in [6.07, 6.45) is 2.50. The van der Waals surface area contributed by atoms with E-state index in [1.54, 1.807) is 21.9 Å². The highest BCUT2D eigenvalue weighted by Crippen LogP contribution is 2.22. The number of sulfonamides is 1. The van der Waals surface area contributed by atoms with Crippen molar-refractivity contribution in [2.75, 3.05) is 26.2 Å². The molecular formula is C15H19N3O4S. The van der Waals surface area contributed by atoms with Gasteiger partial charge in [0.15, 0.2) is 0 Å². The number of nitrogens with zero attached hydrogens (tertiary/aromatic N) is 2. The largest absolute Gasteiger partial charge is 0.342 e. The van der Waals surface area contributed by atoms with Gasteiger partial charge in [-0.2, -0.15) is 0 Å². The van der Waals surface area contributed by atoms with E-state index in [-0.39, 0.29) is 16.8 Å². The van der Waals surface area contributed by atoms with Gasteiger partial charge in [-0.25, -0.2) is 13.1 Å². The van der Waals surface area contributed by atoms with E-state index < -0.39 is 10.0 Å². The maximum Gasteiger partial charge on any atom is 0.254 e. The van der Waals surface area contributed by atoms with Crippen LogP contribution in [0.15, 0.2) is 29.2 Å². The van der Waals surface area contributed by atoms with Gasteiger partial charge in [-0.1, -0.05) is 6.07 Å². The zero-order valence-corrected chi connectivity index (χ0v) is 13.5. The van der Waals surface area contributed by atoms with Gasteiger partial charge in [0.1, 0.15) is 0 Å². The number of nitrogens with one attached hydrogen (secondary N) is 1. The number of carbonyl (C=O) groups excluding carboxylic acids is 2. The van der Waals surface area contributed by atoms with Crippen LogP contribution in [0, 0.1) is 0 Å². The lowest BCUT2D eigenvalue weighted by Crippen LogP contribution is -2.48. The molecule has 2 aliphatic rings. The summed E-state index contributed by atoms with van der Waals surface area (Å²) in [4.78, 5) is 26.6. The summed E-state index contributed by atoms with van der Waals surface area (Å²) in [7, 11) is -3.57. The maximum atomic E-state index is 12.5. The first kappa shape index (κ1) is 15.9. The molecule has 1 saturated carbocycles. The smallest absolute Gasteiger partial charge is 0.254 e. The highest BCUT2D eigenvalue weighted by molar-refractivity contribution is 7.89. The van der Waals surface area contributed by atoms with Gasteiger partial charge in [-0.15, -0.1) is 0 Å². The van der Waals surface area contributed by atoms with E-state index in [9.17, 15) is 18.0 Å². The summed E-state index contributed by atoms with van der Waals surface area (Å²) in [6, 6.07) is 6.13. The van der Waals surface area contributed by atoms with Crippen molar-refractivity contribution in [3.63, 3.8) is 0 Å². The molecule has 3 rings (SSSR count). The highest BCUT2D eigenvalue weighted by atomic mass is 32.2. The minimum Gasteiger partial charge on any atom is -0.342 e. The van der Waals surface area contributed by atoms with Gasteiger partial charge in [-0.3, -0.25) is 9.59 Å². The van der Waals surface area contributed by atoms with Crippen LogP contribution in [0.1, 0.15) is 23.2 Å². The average Bonchev–Trinajstić information content (AvgIpc) is 3.37. The van der Waals surface area contributed by atoms with E-state index >= 15 is 0 Å². The Bertz CT molecular complexity index is 707. The van der Waals surface area contributed by atoms with Crippen LogP contribution < -0.4 is 4.72 Å². The van der Waals surface area contributed by atoms with Gasteiger partial charge < -0.3 is 9.80 Å². The second-order valence-corrected chi connectivity index (χ2v) is 7.57. The van der Waals surface area contributed by atoms with Crippen LogP contribution in [-0.4, -0.2) is 62.8 Å². The molecule has 1 aliphatic carbocycles. The Balaban J connectivity index is 1.74. The van der Waals surface area contributed by atoms with Gasteiger partial charge in [0.2, 0.25) is 16.4 Å². The normalized spacial score (nSPS) is 18.8. The standard InChI is InChI=1S/C15H19N3O4S/c19-11-17-6-8-18(9-7-17)15(20)12-2-1-3-14(10-12)23(21,22)16-13-4-5-13/h1-3,10-11,13,16H,4-9H2. The second kappa shape index (κ2) is 6.29. The molecule has 0 bridgehead atoms. The first-order valence-corrected chi connectivity index (χ1v) is 9.09. The lowest BCUT2D eigenvalue weighted by molar-refractivity contribution is -0.119. The molecule has 0 spiro atoms. The molecule has 1 saturated heterocycles. The lowest BCUT2D eigenvalue weighted by atomic mass is 10.2. The van der Waals surface area contributed by atoms with Crippen LogP contribution in [-0.2, 0) is 14.8 Å². The molecule has 8 heteroatoms. The molecule has 1 aromatic carbocycles. The van der Waals surface area contributed by atoms with Crippen molar-refractivity contribution in [2.45, 2.75) is 23.8 Å². The van der Waals surface area contributed by atoms with Crippen LogP contribution in [0.25, 0.3) is 0 Å². The molecule has 1 aromatic rings. The third-order valence-corrected chi connectivity index (χ3v) is 5.56. The number of rotatable bonds is 5. The van der Waals surface area contributed by atoms with Crippen molar-refractivity contribution in [3.05, 3.63) is 29.8 Å². The predicted octanol–water partition coefficient (Wildman–Crippen LogP) is 0.0415. The van der Waals surface area contributed by atoms with Crippen LogP contribution in [0.4, 0.5) is 0 Å². The molecule has 0 aromatic heterocycles. The predicted molar refractivity (Wildman–Crippen MR) is 83.3 cm³/mol. The van der Waals surface area contributed by atoms with Gasteiger partial charge >= 0.3 is 0 Å². The fourth-order valence-electron chi connectivity index (χ4n) is 2.50. The number of piperazine rings is 1. The topological polar surface area (TPSA) is 86.8 Å². The molecule has 23 heavy (non-hydrogen) atoms. The summed E-state index contributed by atoms with van der Waals surface area (Å²) in [5.74, 6) is -0.209. The number of hydrogen-bond donors (Lipinski definition) is 1. The van der Waals surface area contributed by atoms with E-state index in [1.165, 1.54) is 12.1 Å². The Morgan fingerprint density at radius 2 is 1.87 bits per heavy atom. The molecule has 1 heterocycles. The lowest BCUT2D eigenvalue weighted by Gasteiger charge is -2.32. The van der Waals surface area contributed by atoms with E-state index in [0.717, 1.165) is 19.3 Å². The quantitative estimate of drug-likeness (QED) is 0.769. The Kier molecular flexibility index (Phi) is 4.36. The molecule has 124 valence electrons. The van der Waals surface area contributed by atoms with E-state index in [1.807, 2.05) is 0 Å². The van der Waals surface area contributed by atoms with Crippen LogP contribution >= 0.6 is 0 Å². The van der Waals surface area contributed by atoms with Crippen LogP contribution in [0.2, 0.25) is 0 Å². The van der Waals surface area contributed by atoms with Gasteiger partial charge in [0.05, 0.1) is 4.90 Å². The minimum atomic E-state index is -3.57. The summed E-state index contributed by atoms with van der Waals surface area (Å²) >= 11 is 0. The maximum absolute atomic E-state index is 12.5.